The highest BCUT2D eigenvalue weighted by Crippen LogP contribution is 2.32. The highest BCUT2D eigenvalue weighted by Gasteiger charge is 2.39. The molecule has 7 heteroatoms. The van der Waals surface area contributed by atoms with Crippen LogP contribution in [0.1, 0.15) is 57.4 Å². The van der Waals surface area contributed by atoms with E-state index < -0.39 is 0 Å². The van der Waals surface area contributed by atoms with E-state index in [2.05, 4.69) is 49.0 Å². The lowest BCUT2D eigenvalue weighted by atomic mass is 9.79. The predicted molar refractivity (Wildman–Crippen MR) is 129 cm³/mol. The Hall–Kier alpha value is -3.24. The fourth-order valence-corrected chi connectivity index (χ4v) is 4.85. The molecular weight excluding hydrogens is 400 g/mol. The number of nitriles is 1. The molecular formula is C25H34N6O. The minimum atomic E-state index is 0.00965. The highest BCUT2D eigenvalue weighted by atomic mass is 16.3. The number of fused-ring (bicyclic) bond motifs is 1. The Morgan fingerprint density at radius 3 is 2.41 bits per heavy atom. The maximum Gasteiger partial charge on any atom is 0.127 e. The van der Waals surface area contributed by atoms with Crippen LogP contribution in [0.15, 0.2) is 36.2 Å². The molecule has 1 aliphatic rings. The molecule has 0 unspecified atom stereocenters. The number of nitrogens with one attached hydrogen (secondary N) is 1. The number of piperidine rings is 1. The monoisotopic (exact) mass is 434 g/mol. The molecule has 0 radical (unpaired) electrons. The number of hydrogen-bond acceptors (Lipinski definition) is 7. The maximum atomic E-state index is 10.5. The van der Waals surface area contributed by atoms with Gasteiger partial charge in [0.2, 0.25) is 0 Å². The van der Waals surface area contributed by atoms with Crippen LogP contribution < -0.4 is 16.8 Å². The number of allylic oxidation sites excluding steroid dienone is 2. The van der Waals surface area contributed by atoms with Gasteiger partial charge in [0.15, 0.2) is 0 Å². The summed E-state index contributed by atoms with van der Waals surface area (Å²) < 4.78 is 0. The van der Waals surface area contributed by atoms with Crippen molar-refractivity contribution < 1.29 is 5.11 Å². The highest BCUT2D eigenvalue weighted by molar-refractivity contribution is 5.90. The molecule has 6 N–H and O–H groups in total. The van der Waals surface area contributed by atoms with Gasteiger partial charge in [-0.15, -0.1) is 0 Å². The topological polar surface area (TPSA) is 124 Å². The number of nitrogens with two attached hydrogens (primary N) is 2. The van der Waals surface area contributed by atoms with Crippen molar-refractivity contribution in [3.63, 3.8) is 0 Å². The van der Waals surface area contributed by atoms with Crippen molar-refractivity contribution in [2.75, 3.05) is 7.05 Å². The van der Waals surface area contributed by atoms with Crippen LogP contribution in [0.2, 0.25) is 0 Å². The zero-order valence-corrected chi connectivity index (χ0v) is 19.8. The van der Waals surface area contributed by atoms with Gasteiger partial charge in [0, 0.05) is 52.6 Å². The average molecular weight is 435 g/mol. The summed E-state index contributed by atoms with van der Waals surface area (Å²) in [7, 11) is 2.00. The molecule has 1 aromatic carbocycles. The number of hydrogen-bond donors (Lipinski definition) is 4. The van der Waals surface area contributed by atoms with Crippen molar-refractivity contribution in [2.24, 2.45) is 11.5 Å². The summed E-state index contributed by atoms with van der Waals surface area (Å²) in [6, 6.07) is 7.43. The molecule has 32 heavy (non-hydrogen) atoms. The number of aromatic hydroxyl groups is 1. The van der Waals surface area contributed by atoms with Crippen LogP contribution in [0, 0.1) is 18.3 Å². The molecule has 0 spiro atoms. The van der Waals surface area contributed by atoms with E-state index in [0.717, 1.165) is 12.8 Å². The lowest BCUT2D eigenvalue weighted by Gasteiger charge is -2.49. The average Bonchev–Trinajstić information content (AvgIpc) is 2.67. The second kappa shape index (κ2) is 8.36. The molecule has 0 amide bonds. The quantitative estimate of drug-likeness (QED) is 0.543. The summed E-state index contributed by atoms with van der Waals surface area (Å²) in [5, 5.41) is 24.3. The number of pyridine rings is 1. The normalized spacial score (nSPS) is 19.0. The van der Waals surface area contributed by atoms with Gasteiger partial charge in [0.25, 0.3) is 0 Å². The van der Waals surface area contributed by atoms with Gasteiger partial charge in [-0.3, -0.25) is 4.98 Å². The van der Waals surface area contributed by atoms with Gasteiger partial charge >= 0.3 is 0 Å². The van der Waals surface area contributed by atoms with Gasteiger partial charge in [-0.1, -0.05) is 0 Å². The Morgan fingerprint density at radius 1 is 1.19 bits per heavy atom. The van der Waals surface area contributed by atoms with E-state index in [1.807, 2.05) is 14.0 Å². The molecule has 1 saturated heterocycles. The van der Waals surface area contributed by atoms with Crippen LogP contribution in [0.5, 0.6) is 5.75 Å². The van der Waals surface area contributed by atoms with E-state index in [1.165, 1.54) is 6.07 Å². The number of aromatic nitrogens is 1. The van der Waals surface area contributed by atoms with Crippen molar-refractivity contribution >= 4 is 16.6 Å². The van der Waals surface area contributed by atoms with Crippen molar-refractivity contribution in [1.82, 2.24) is 15.2 Å². The van der Waals surface area contributed by atoms with Gasteiger partial charge in [-0.25, -0.2) is 0 Å². The Morgan fingerprint density at radius 2 is 1.81 bits per heavy atom. The molecule has 0 saturated carbocycles. The number of phenols is 1. The van der Waals surface area contributed by atoms with E-state index in [4.69, 9.17) is 11.5 Å². The molecule has 0 atom stereocenters. The van der Waals surface area contributed by atoms with E-state index in [1.54, 1.807) is 24.3 Å². The van der Waals surface area contributed by atoms with Crippen LogP contribution in [0.3, 0.4) is 0 Å². The molecule has 0 bridgehead atoms. The Bertz CT molecular complexity index is 1120. The smallest absolute Gasteiger partial charge is 0.127 e. The van der Waals surface area contributed by atoms with E-state index >= 15 is 0 Å². The lowest BCUT2D eigenvalue weighted by molar-refractivity contribution is 0.0981. The summed E-state index contributed by atoms with van der Waals surface area (Å²) in [5.41, 5.74) is 15.3. The van der Waals surface area contributed by atoms with Crippen LogP contribution in [0.4, 0.5) is 0 Å². The SMILES string of the molecule is Cc1cc(C#N)c2cc(/C(N)=C/C=C(\N)N(C)C3CC(C)(C)NC(C)(C)C3)c(O)cc2n1. The lowest BCUT2D eigenvalue weighted by Crippen LogP contribution is -2.61. The first-order valence-corrected chi connectivity index (χ1v) is 10.8. The summed E-state index contributed by atoms with van der Waals surface area (Å²) in [5.74, 6) is 0.608. The first-order chi connectivity index (χ1) is 14.8. The van der Waals surface area contributed by atoms with Gasteiger partial charge in [0.1, 0.15) is 5.75 Å². The zero-order valence-electron chi connectivity index (χ0n) is 19.8. The van der Waals surface area contributed by atoms with Crippen LogP contribution in [-0.2, 0) is 0 Å². The minimum absolute atomic E-state index is 0.00965. The van der Waals surface area contributed by atoms with E-state index in [9.17, 15) is 10.4 Å². The summed E-state index contributed by atoms with van der Waals surface area (Å²) in [4.78, 5) is 6.50. The molecule has 2 heterocycles. The Balaban J connectivity index is 1.90. The standard InChI is InChI=1S/C25H34N6O/c1-15-9-16(14-26)18-10-19(22(32)11-21(18)29-15)20(27)7-8-23(28)31(6)17-12-24(2,3)30-25(4,5)13-17/h7-11,17,30,32H,12-13,27-28H2,1-6H3/b20-7-,23-8+. The van der Waals surface area contributed by atoms with Crippen LogP contribution in [-0.4, -0.2) is 39.2 Å². The fraction of sp³-hybridized carbons (Fsp3) is 0.440. The number of phenolic OH excluding ortho intramolecular Hbond substituents is 1. The fourth-order valence-electron chi connectivity index (χ4n) is 4.85. The Labute approximate surface area is 190 Å². The minimum Gasteiger partial charge on any atom is -0.507 e. The third-order valence-electron chi connectivity index (χ3n) is 6.04. The van der Waals surface area contributed by atoms with Crippen molar-refractivity contribution in [3.05, 3.63) is 53.0 Å². The van der Waals surface area contributed by atoms with Gasteiger partial charge in [0.05, 0.1) is 23.0 Å². The summed E-state index contributed by atoms with van der Waals surface area (Å²) in [6.07, 6.45) is 5.39. The first kappa shape index (κ1) is 23.4. The van der Waals surface area contributed by atoms with E-state index in [0.29, 0.717) is 39.2 Å². The number of benzene rings is 1. The van der Waals surface area contributed by atoms with Gasteiger partial charge < -0.3 is 26.8 Å². The Kier molecular flexibility index (Phi) is 6.12. The third-order valence-corrected chi connectivity index (χ3v) is 6.04. The second-order valence-corrected chi connectivity index (χ2v) is 10.1. The number of nitrogens with zero attached hydrogens (tertiary/aromatic N) is 3. The van der Waals surface area contributed by atoms with Crippen molar-refractivity contribution in [1.29, 1.82) is 5.26 Å². The number of rotatable bonds is 4. The molecule has 0 aliphatic carbocycles. The first-order valence-electron chi connectivity index (χ1n) is 10.8. The maximum absolute atomic E-state index is 10.5. The molecule has 170 valence electrons. The molecule has 1 aromatic heterocycles. The summed E-state index contributed by atoms with van der Waals surface area (Å²) >= 11 is 0. The second-order valence-electron chi connectivity index (χ2n) is 10.1. The molecule has 3 rings (SSSR count). The third kappa shape index (κ3) is 4.97. The molecule has 1 fully saturated rings. The predicted octanol–water partition coefficient (Wildman–Crippen LogP) is 3.46. The van der Waals surface area contributed by atoms with Crippen molar-refractivity contribution in [3.8, 4) is 11.8 Å². The van der Waals surface area contributed by atoms with Crippen molar-refractivity contribution in [2.45, 2.75) is 64.6 Å². The van der Waals surface area contributed by atoms with Gasteiger partial charge in [-0.2, -0.15) is 5.26 Å². The number of aryl methyl sites for hydroxylation is 1. The summed E-state index contributed by atoms with van der Waals surface area (Å²) in [6.45, 7) is 10.7. The molecule has 2 aromatic rings. The largest absolute Gasteiger partial charge is 0.507 e. The van der Waals surface area contributed by atoms with Crippen LogP contribution >= 0.6 is 0 Å². The van der Waals surface area contributed by atoms with Gasteiger partial charge in [-0.05, 0) is 71.7 Å². The molecule has 7 nitrogen and oxygen atoms in total. The zero-order chi connectivity index (χ0) is 23.8. The van der Waals surface area contributed by atoms with E-state index in [-0.39, 0.29) is 22.9 Å². The molecule has 1 aliphatic heterocycles. The van der Waals surface area contributed by atoms with Crippen LogP contribution in [0.25, 0.3) is 16.6 Å².